The van der Waals surface area contributed by atoms with Gasteiger partial charge >= 0.3 is 6.09 Å². The molecule has 1 fully saturated rings. The number of ether oxygens (including phenoxy) is 3. The first kappa shape index (κ1) is 40.5. The van der Waals surface area contributed by atoms with Crippen molar-refractivity contribution in [2.45, 2.75) is 71.8 Å². The highest BCUT2D eigenvalue weighted by atomic mass is 32.2. The number of para-hydroxylation sites is 1. The number of carbonyl (C=O) groups is 4. The van der Waals surface area contributed by atoms with E-state index in [1.54, 1.807) is 66.9 Å². The highest BCUT2D eigenvalue weighted by Gasteiger charge is 2.46. The van der Waals surface area contributed by atoms with E-state index in [1.165, 1.54) is 23.1 Å². The number of benzene rings is 3. The largest absolute Gasteiger partial charge is 0.497 e. The second kappa shape index (κ2) is 16.0. The smallest absolute Gasteiger partial charge is 0.408 e. The van der Waals surface area contributed by atoms with Gasteiger partial charge in [0, 0.05) is 29.5 Å². The second-order valence-electron chi connectivity index (χ2n) is 15.4. The maximum Gasteiger partial charge on any atom is 0.408 e. The number of pyridine rings is 1. The van der Waals surface area contributed by atoms with Crippen molar-refractivity contribution in [2.75, 3.05) is 25.2 Å². The van der Waals surface area contributed by atoms with Crippen molar-refractivity contribution in [2.24, 2.45) is 5.41 Å². The number of rotatable bonds is 10. The molecule has 5 rings (SSSR count). The van der Waals surface area contributed by atoms with E-state index in [1.807, 2.05) is 47.2 Å². The molecule has 15 heteroatoms. The lowest BCUT2D eigenvalue weighted by Gasteiger charge is -2.35. The summed E-state index contributed by atoms with van der Waals surface area (Å²) in [6.45, 7) is 10.4. The molecule has 1 aliphatic rings. The van der Waals surface area contributed by atoms with Crippen molar-refractivity contribution in [3.8, 4) is 22.8 Å². The fourth-order valence-electron chi connectivity index (χ4n) is 6.18. The molecular weight excluding hydrogens is 727 g/mol. The van der Waals surface area contributed by atoms with Gasteiger partial charge in [0.1, 0.15) is 35.3 Å². The fourth-order valence-corrected chi connectivity index (χ4v) is 6.63. The Morgan fingerprint density at radius 1 is 0.909 bits per heavy atom. The first-order valence-corrected chi connectivity index (χ1v) is 19.5. The zero-order valence-electron chi connectivity index (χ0n) is 32.1. The molecule has 1 aromatic heterocycles. The number of hydrogen-bond acceptors (Lipinski definition) is 10. The summed E-state index contributed by atoms with van der Waals surface area (Å²) in [7, 11) is -2.35. The van der Waals surface area contributed by atoms with Gasteiger partial charge in [-0.05, 0) is 50.5 Å². The Kier molecular flexibility index (Phi) is 11.7. The molecule has 3 atom stereocenters. The summed E-state index contributed by atoms with van der Waals surface area (Å²) in [5.41, 5.74) is 0.357. The van der Waals surface area contributed by atoms with Crippen molar-refractivity contribution < 1.29 is 41.8 Å². The van der Waals surface area contributed by atoms with E-state index >= 15 is 0 Å². The molecule has 4 amide bonds. The van der Waals surface area contributed by atoms with Crippen LogP contribution >= 0.6 is 0 Å². The van der Waals surface area contributed by atoms with Crippen LogP contribution < -0.4 is 24.8 Å². The minimum atomic E-state index is -3.91. The van der Waals surface area contributed by atoms with Gasteiger partial charge in [-0.1, -0.05) is 63.2 Å². The molecule has 0 bridgehead atoms. The summed E-state index contributed by atoms with van der Waals surface area (Å²) < 4.78 is 43.2. The van der Waals surface area contributed by atoms with Crippen molar-refractivity contribution >= 4 is 50.4 Å². The SMILES string of the molecule is COc1ccc2c(O[C@@H]3C[C@H](C(=O)Nc4ccccc4C(=O)NS(C)(=O)=O)N(C(=O)[C@@H](NC(=O)OC(C)(C)C)C(C)(C)C)C3)cc(-c3ccccc3)nc2c1. The van der Waals surface area contributed by atoms with Crippen molar-refractivity contribution in [3.63, 3.8) is 0 Å². The number of aromatic nitrogens is 1. The van der Waals surface area contributed by atoms with Gasteiger partial charge in [0.05, 0.1) is 42.4 Å². The average Bonchev–Trinajstić information content (AvgIpc) is 3.52. The van der Waals surface area contributed by atoms with Gasteiger partial charge < -0.3 is 29.7 Å². The Bertz CT molecular complexity index is 2200. The molecular formula is C40H47N5O9S. The number of sulfonamides is 1. The summed E-state index contributed by atoms with van der Waals surface area (Å²) in [6, 6.07) is 20.4. The third kappa shape index (κ3) is 10.3. The van der Waals surface area contributed by atoms with Gasteiger partial charge in [0.2, 0.25) is 21.8 Å². The van der Waals surface area contributed by atoms with Crippen LogP contribution in [-0.2, 0) is 24.3 Å². The van der Waals surface area contributed by atoms with Crippen LogP contribution in [0.5, 0.6) is 11.5 Å². The van der Waals surface area contributed by atoms with E-state index in [2.05, 4.69) is 10.6 Å². The Morgan fingerprint density at radius 2 is 1.58 bits per heavy atom. The van der Waals surface area contributed by atoms with E-state index < -0.39 is 63.0 Å². The Labute approximate surface area is 321 Å². The van der Waals surface area contributed by atoms with Gasteiger partial charge in [0.25, 0.3) is 5.91 Å². The van der Waals surface area contributed by atoms with E-state index in [-0.39, 0.29) is 24.2 Å². The molecule has 55 heavy (non-hydrogen) atoms. The van der Waals surface area contributed by atoms with Gasteiger partial charge in [0.15, 0.2) is 0 Å². The number of hydrogen-bond donors (Lipinski definition) is 3. The molecule has 3 aromatic carbocycles. The van der Waals surface area contributed by atoms with Crippen molar-refractivity contribution in [1.82, 2.24) is 19.9 Å². The molecule has 1 saturated heterocycles. The van der Waals surface area contributed by atoms with Crippen molar-refractivity contribution in [3.05, 3.63) is 84.4 Å². The molecule has 0 aliphatic carbocycles. The lowest BCUT2D eigenvalue weighted by atomic mass is 9.85. The Balaban J connectivity index is 1.53. The van der Waals surface area contributed by atoms with Crippen LogP contribution in [0.3, 0.4) is 0 Å². The number of nitrogens with one attached hydrogen (secondary N) is 3. The molecule has 0 radical (unpaired) electrons. The fraction of sp³-hybridized carbons (Fsp3) is 0.375. The average molecular weight is 774 g/mol. The monoisotopic (exact) mass is 773 g/mol. The van der Waals surface area contributed by atoms with E-state index in [0.29, 0.717) is 28.1 Å². The number of amides is 4. The first-order valence-electron chi connectivity index (χ1n) is 17.7. The van der Waals surface area contributed by atoms with E-state index in [9.17, 15) is 27.6 Å². The van der Waals surface area contributed by atoms with Crippen LogP contribution in [0, 0.1) is 5.41 Å². The van der Waals surface area contributed by atoms with Gasteiger partial charge in [-0.3, -0.25) is 14.4 Å². The van der Waals surface area contributed by atoms with Gasteiger partial charge in [-0.15, -0.1) is 0 Å². The van der Waals surface area contributed by atoms with Crippen LogP contribution in [0.25, 0.3) is 22.2 Å². The zero-order chi connectivity index (χ0) is 40.3. The normalized spacial score (nSPS) is 16.5. The Morgan fingerprint density at radius 3 is 2.22 bits per heavy atom. The van der Waals surface area contributed by atoms with Crippen LogP contribution in [0.15, 0.2) is 78.9 Å². The molecule has 0 spiro atoms. The number of alkyl carbamates (subject to hydrolysis) is 1. The predicted molar refractivity (Wildman–Crippen MR) is 208 cm³/mol. The number of carbonyl (C=O) groups excluding carboxylic acids is 4. The quantitative estimate of drug-likeness (QED) is 0.185. The number of nitrogens with zero attached hydrogens (tertiary/aromatic N) is 2. The second-order valence-corrected chi connectivity index (χ2v) is 17.2. The highest BCUT2D eigenvalue weighted by molar-refractivity contribution is 7.89. The molecule has 0 saturated carbocycles. The van der Waals surface area contributed by atoms with E-state index in [0.717, 1.165) is 11.8 Å². The standard InChI is InChI=1S/C40H47N5O9S/c1-39(2,3)34(43-38(49)54-40(4,5)6)37(48)45-23-26(21-32(45)36(47)42-29-17-13-12-16-28(29)35(46)44-55(8,50)51)53-33-22-30(24-14-10-9-11-15-24)41-31-20-25(52-7)18-19-27(31)33/h9-20,22,26,32,34H,21,23H2,1-8H3,(H,42,47)(H,43,49)(H,44,46)/t26-,32-,34-/m1/s1. The van der Waals surface area contributed by atoms with Gasteiger partial charge in [-0.2, -0.15) is 0 Å². The maximum atomic E-state index is 14.6. The topological polar surface area (TPSA) is 182 Å². The third-order valence-electron chi connectivity index (χ3n) is 8.67. The van der Waals surface area contributed by atoms with Crippen LogP contribution in [0.1, 0.15) is 58.3 Å². The first-order chi connectivity index (χ1) is 25.7. The minimum absolute atomic E-state index is 0.0270. The molecule has 3 N–H and O–H groups in total. The van der Waals surface area contributed by atoms with E-state index in [4.69, 9.17) is 19.2 Å². The van der Waals surface area contributed by atoms with Crippen LogP contribution in [0.2, 0.25) is 0 Å². The minimum Gasteiger partial charge on any atom is -0.497 e. The predicted octanol–water partition coefficient (Wildman–Crippen LogP) is 5.53. The highest BCUT2D eigenvalue weighted by Crippen LogP contribution is 2.35. The number of fused-ring (bicyclic) bond motifs is 1. The molecule has 2 heterocycles. The summed E-state index contributed by atoms with van der Waals surface area (Å²) in [5, 5.41) is 6.12. The molecule has 1 aliphatic heterocycles. The molecule has 0 unspecified atom stereocenters. The number of methoxy groups -OCH3 is 1. The summed E-state index contributed by atoms with van der Waals surface area (Å²) >= 11 is 0. The van der Waals surface area contributed by atoms with Crippen LogP contribution in [-0.4, -0.2) is 85.8 Å². The Hall–Kier alpha value is -5.70. The van der Waals surface area contributed by atoms with Gasteiger partial charge in [-0.25, -0.2) is 22.9 Å². The summed E-state index contributed by atoms with van der Waals surface area (Å²) in [4.78, 5) is 61.0. The summed E-state index contributed by atoms with van der Waals surface area (Å²) in [6.07, 6.45) is -0.649. The summed E-state index contributed by atoms with van der Waals surface area (Å²) in [5.74, 6) is -1.09. The lowest BCUT2D eigenvalue weighted by molar-refractivity contribution is -0.140. The molecule has 292 valence electrons. The van der Waals surface area contributed by atoms with Crippen LogP contribution in [0.4, 0.5) is 10.5 Å². The zero-order valence-corrected chi connectivity index (χ0v) is 32.9. The third-order valence-corrected chi connectivity index (χ3v) is 9.23. The molecule has 4 aromatic rings. The maximum absolute atomic E-state index is 14.6. The number of likely N-dealkylation sites (tertiary alicyclic amines) is 1. The number of anilines is 1. The lowest BCUT2D eigenvalue weighted by Crippen LogP contribution is -2.57. The molecule has 14 nitrogen and oxygen atoms in total. The van der Waals surface area contributed by atoms with Crippen molar-refractivity contribution in [1.29, 1.82) is 0 Å².